The van der Waals surface area contributed by atoms with Gasteiger partial charge in [0.15, 0.2) is 0 Å². The second kappa shape index (κ2) is 11.5. The number of allylic oxidation sites excluding steroid dienone is 3. The van der Waals surface area contributed by atoms with Gasteiger partial charge in [0.05, 0.1) is 12.8 Å². The highest BCUT2D eigenvalue weighted by molar-refractivity contribution is 6.07. The smallest absolute Gasteiger partial charge is 0.129 e. The number of aliphatic imine (C=N–C) groups is 1. The Morgan fingerprint density at radius 2 is 2.00 bits per heavy atom. The van der Waals surface area contributed by atoms with Gasteiger partial charge in [0.1, 0.15) is 18.1 Å². The Hall–Kier alpha value is -4.58. The van der Waals surface area contributed by atoms with Crippen molar-refractivity contribution in [3.63, 3.8) is 0 Å². The average molecular weight is 465 g/mol. The highest BCUT2D eigenvalue weighted by atomic mass is 16.5. The molecule has 0 saturated carbocycles. The molecular formula is C29H28N4O2. The molecule has 2 heterocycles. The van der Waals surface area contributed by atoms with Crippen LogP contribution in [-0.4, -0.2) is 29.8 Å². The second-order valence-electron chi connectivity index (χ2n) is 7.84. The van der Waals surface area contributed by atoms with Crippen molar-refractivity contribution in [2.45, 2.75) is 6.61 Å². The molecule has 0 aliphatic heterocycles. The number of ether oxygens (including phenoxy) is 2. The standard InChI is InChI=1S/C29H28N4O2/c1-31-26(10-5-21-6-12-28-24(16-21)13-15-33-28)17-25(30)9-7-23-8-11-27(18-29(23)34-2)35-20-22-4-3-14-32-19-22/h3-19,33H,20,30H2,1-2H3/b9-7+,10-5+,25-17?,31-26?. The summed E-state index contributed by atoms with van der Waals surface area (Å²) in [6.45, 7) is 0.438. The van der Waals surface area contributed by atoms with Crippen molar-refractivity contribution < 1.29 is 9.47 Å². The molecule has 2 aromatic carbocycles. The number of hydrogen-bond donors (Lipinski definition) is 2. The average Bonchev–Trinajstić information content (AvgIpc) is 3.37. The zero-order valence-corrected chi connectivity index (χ0v) is 19.8. The predicted octanol–water partition coefficient (Wildman–Crippen LogP) is 5.79. The minimum atomic E-state index is 0.438. The Morgan fingerprint density at radius 1 is 1.09 bits per heavy atom. The highest BCUT2D eigenvalue weighted by Gasteiger charge is 2.04. The molecule has 176 valence electrons. The van der Waals surface area contributed by atoms with E-state index in [4.69, 9.17) is 15.2 Å². The second-order valence-corrected chi connectivity index (χ2v) is 7.84. The first-order valence-corrected chi connectivity index (χ1v) is 11.2. The number of methoxy groups -OCH3 is 1. The van der Waals surface area contributed by atoms with Crippen LogP contribution in [0.1, 0.15) is 16.7 Å². The third kappa shape index (κ3) is 6.48. The van der Waals surface area contributed by atoms with Crippen LogP contribution < -0.4 is 15.2 Å². The van der Waals surface area contributed by atoms with Crippen LogP contribution in [0, 0.1) is 0 Å². The zero-order valence-electron chi connectivity index (χ0n) is 19.8. The summed E-state index contributed by atoms with van der Waals surface area (Å²) in [7, 11) is 3.38. The number of H-pyrrole nitrogens is 1. The molecule has 35 heavy (non-hydrogen) atoms. The Kier molecular flexibility index (Phi) is 7.76. The van der Waals surface area contributed by atoms with Gasteiger partial charge in [0, 0.05) is 54.0 Å². The molecule has 0 amide bonds. The summed E-state index contributed by atoms with van der Waals surface area (Å²) >= 11 is 0. The molecule has 0 fully saturated rings. The van der Waals surface area contributed by atoms with Gasteiger partial charge in [-0.15, -0.1) is 0 Å². The molecule has 2 aromatic heterocycles. The third-order valence-corrected chi connectivity index (χ3v) is 5.39. The van der Waals surface area contributed by atoms with Crippen LogP contribution in [0.25, 0.3) is 23.1 Å². The predicted molar refractivity (Wildman–Crippen MR) is 144 cm³/mol. The molecule has 0 unspecified atom stereocenters. The maximum absolute atomic E-state index is 6.25. The fraction of sp³-hybridized carbons (Fsp3) is 0.103. The fourth-order valence-corrected chi connectivity index (χ4v) is 3.52. The number of nitrogens with two attached hydrogens (primary N) is 1. The molecule has 0 aliphatic rings. The van der Waals surface area contributed by atoms with Crippen molar-refractivity contribution >= 4 is 28.8 Å². The van der Waals surface area contributed by atoms with E-state index in [9.17, 15) is 0 Å². The molecule has 0 atom stereocenters. The molecule has 6 heteroatoms. The van der Waals surface area contributed by atoms with E-state index >= 15 is 0 Å². The SMILES string of the molecule is CN=C(C=C(N)/C=C/c1ccc(OCc2cccnc2)cc1OC)/C=C/c1ccc2[nH]ccc2c1. The first-order valence-electron chi connectivity index (χ1n) is 11.2. The van der Waals surface area contributed by atoms with E-state index in [-0.39, 0.29) is 0 Å². The van der Waals surface area contributed by atoms with Gasteiger partial charge in [-0.2, -0.15) is 0 Å². The Morgan fingerprint density at radius 3 is 2.80 bits per heavy atom. The summed E-state index contributed by atoms with van der Waals surface area (Å²) in [5.41, 5.74) is 11.7. The Labute approximate surface area is 205 Å². The maximum atomic E-state index is 6.25. The highest BCUT2D eigenvalue weighted by Crippen LogP contribution is 2.26. The molecule has 6 nitrogen and oxygen atoms in total. The third-order valence-electron chi connectivity index (χ3n) is 5.39. The van der Waals surface area contributed by atoms with Crippen molar-refractivity contribution in [2.75, 3.05) is 14.2 Å². The van der Waals surface area contributed by atoms with Gasteiger partial charge in [-0.05, 0) is 71.7 Å². The zero-order chi connectivity index (χ0) is 24.5. The number of fused-ring (bicyclic) bond motifs is 1. The fourth-order valence-electron chi connectivity index (χ4n) is 3.52. The molecule has 4 rings (SSSR count). The van der Waals surface area contributed by atoms with Gasteiger partial charge in [-0.1, -0.05) is 18.2 Å². The Balaban J connectivity index is 1.42. The van der Waals surface area contributed by atoms with Crippen LogP contribution in [0.15, 0.2) is 102 Å². The summed E-state index contributed by atoms with van der Waals surface area (Å²) in [6.07, 6.45) is 15.0. The first kappa shape index (κ1) is 23.6. The van der Waals surface area contributed by atoms with Gasteiger partial charge in [0.2, 0.25) is 0 Å². The molecular weight excluding hydrogens is 436 g/mol. The topological polar surface area (TPSA) is 85.5 Å². The van der Waals surface area contributed by atoms with Crippen LogP contribution in [0.4, 0.5) is 0 Å². The normalized spacial score (nSPS) is 12.6. The van der Waals surface area contributed by atoms with E-state index in [0.717, 1.165) is 33.7 Å². The minimum Gasteiger partial charge on any atom is -0.496 e. The molecule has 0 bridgehead atoms. The van der Waals surface area contributed by atoms with E-state index in [2.05, 4.69) is 39.2 Å². The van der Waals surface area contributed by atoms with E-state index < -0.39 is 0 Å². The summed E-state index contributed by atoms with van der Waals surface area (Å²) in [4.78, 5) is 11.6. The number of nitrogens with one attached hydrogen (secondary N) is 1. The van der Waals surface area contributed by atoms with Crippen LogP contribution in [0.5, 0.6) is 11.5 Å². The molecule has 0 radical (unpaired) electrons. The number of rotatable bonds is 9. The van der Waals surface area contributed by atoms with E-state index in [1.807, 2.05) is 66.9 Å². The van der Waals surface area contributed by atoms with Gasteiger partial charge in [0.25, 0.3) is 0 Å². The molecule has 0 aliphatic carbocycles. The van der Waals surface area contributed by atoms with Crippen molar-refractivity contribution in [1.29, 1.82) is 0 Å². The molecule has 0 saturated heterocycles. The number of pyridine rings is 1. The van der Waals surface area contributed by atoms with Crippen LogP contribution in [-0.2, 0) is 6.61 Å². The van der Waals surface area contributed by atoms with Crippen molar-refractivity contribution in [3.05, 3.63) is 114 Å². The summed E-state index contributed by atoms with van der Waals surface area (Å²) in [5, 5.41) is 1.17. The number of aromatic nitrogens is 2. The minimum absolute atomic E-state index is 0.438. The van der Waals surface area contributed by atoms with Crippen LogP contribution in [0.3, 0.4) is 0 Å². The Bertz CT molecular complexity index is 1400. The van der Waals surface area contributed by atoms with Crippen LogP contribution in [0.2, 0.25) is 0 Å². The van der Waals surface area contributed by atoms with Gasteiger partial charge in [-0.3, -0.25) is 9.98 Å². The van der Waals surface area contributed by atoms with Gasteiger partial charge in [-0.25, -0.2) is 0 Å². The number of benzene rings is 2. The first-order chi connectivity index (χ1) is 17.1. The quantitative estimate of drug-likeness (QED) is 0.242. The van der Waals surface area contributed by atoms with E-state index in [1.54, 1.807) is 26.6 Å². The summed E-state index contributed by atoms with van der Waals surface area (Å²) in [5.74, 6) is 1.41. The lowest BCUT2D eigenvalue weighted by atomic mass is 10.1. The maximum Gasteiger partial charge on any atom is 0.129 e. The van der Waals surface area contributed by atoms with Crippen molar-refractivity contribution in [1.82, 2.24) is 9.97 Å². The largest absolute Gasteiger partial charge is 0.496 e. The van der Waals surface area contributed by atoms with Crippen LogP contribution >= 0.6 is 0 Å². The lowest BCUT2D eigenvalue weighted by Crippen LogP contribution is -1.99. The summed E-state index contributed by atoms with van der Waals surface area (Å²) in [6, 6.07) is 17.9. The van der Waals surface area contributed by atoms with Crippen molar-refractivity contribution in [2.24, 2.45) is 10.7 Å². The molecule has 0 spiro atoms. The number of hydrogen-bond acceptors (Lipinski definition) is 5. The van der Waals surface area contributed by atoms with E-state index in [1.165, 1.54) is 5.39 Å². The number of nitrogens with zero attached hydrogens (tertiary/aromatic N) is 2. The molecule has 4 aromatic rings. The van der Waals surface area contributed by atoms with Gasteiger partial charge < -0.3 is 20.2 Å². The lowest BCUT2D eigenvalue weighted by molar-refractivity contribution is 0.303. The molecule has 3 N–H and O–H groups in total. The lowest BCUT2D eigenvalue weighted by Gasteiger charge is -2.10. The van der Waals surface area contributed by atoms with Gasteiger partial charge >= 0.3 is 0 Å². The number of aromatic amines is 1. The van der Waals surface area contributed by atoms with E-state index in [0.29, 0.717) is 18.1 Å². The van der Waals surface area contributed by atoms with Crippen molar-refractivity contribution in [3.8, 4) is 11.5 Å². The monoisotopic (exact) mass is 464 g/mol. The summed E-state index contributed by atoms with van der Waals surface area (Å²) < 4.78 is 11.4.